The monoisotopic (exact) mass is 409 g/mol. The van der Waals surface area contributed by atoms with Crippen molar-refractivity contribution in [2.45, 2.75) is 26.3 Å². The molecule has 2 heterocycles. The Labute approximate surface area is 176 Å². The summed E-state index contributed by atoms with van der Waals surface area (Å²) in [6.07, 6.45) is 0.860. The van der Waals surface area contributed by atoms with Crippen LogP contribution in [0.4, 0.5) is 11.4 Å². The molecule has 2 aliphatic rings. The maximum atomic E-state index is 13.0. The van der Waals surface area contributed by atoms with Crippen LogP contribution in [0.25, 0.3) is 0 Å². The van der Waals surface area contributed by atoms with Crippen LogP contribution < -0.4 is 19.7 Å². The van der Waals surface area contributed by atoms with Gasteiger partial charge < -0.3 is 19.7 Å². The zero-order valence-electron chi connectivity index (χ0n) is 17.4. The number of hydrogen-bond donors (Lipinski definition) is 1. The lowest BCUT2D eigenvalue weighted by Gasteiger charge is -2.27. The molecule has 0 saturated carbocycles. The quantitative estimate of drug-likeness (QED) is 0.794. The number of para-hydroxylation sites is 1. The van der Waals surface area contributed by atoms with Gasteiger partial charge >= 0.3 is 0 Å². The number of fused-ring (bicyclic) bond motifs is 2. The number of hydrogen-bond acceptors (Lipinski definition) is 5. The zero-order chi connectivity index (χ0) is 21.1. The maximum absolute atomic E-state index is 13.0. The molecular weight excluding hydrogens is 382 g/mol. The highest BCUT2D eigenvalue weighted by molar-refractivity contribution is 5.98. The average Bonchev–Trinajstić information content (AvgIpc) is 3.08. The number of carbonyl (C=O) groups is 2. The molecule has 0 fully saturated rings. The number of ether oxygens (including phenoxy) is 2. The van der Waals surface area contributed by atoms with Gasteiger partial charge in [-0.3, -0.25) is 14.5 Å². The van der Waals surface area contributed by atoms with Crippen LogP contribution in [0.2, 0.25) is 0 Å². The predicted octanol–water partition coefficient (Wildman–Crippen LogP) is 2.70. The van der Waals surface area contributed by atoms with E-state index in [0.29, 0.717) is 36.9 Å². The van der Waals surface area contributed by atoms with Crippen LogP contribution in [0, 0.1) is 0 Å². The van der Waals surface area contributed by atoms with Crippen LogP contribution in [0.3, 0.4) is 0 Å². The van der Waals surface area contributed by atoms with E-state index in [4.69, 9.17) is 9.47 Å². The average molecular weight is 409 g/mol. The van der Waals surface area contributed by atoms with Crippen molar-refractivity contribution in [3.63, 3.8) is 0 Å². The Kier molecular flexibility index (Phi) is 5.90. The number of benzene rings is 2. The summed E-state index contributed by atoms with van der Waals surface area (Å²) >= 11 is 0. The molecule has 4 rings (SSSR count). The molecule has 7 nitrogen and oxygen atoms in total. The second kappa shape index (κ2) is 8.75. The van der Waals surface area contributed by atoms with E-state index in [1.807, 2.05) is 34.9 Å². The van der Waals surface area contributed by atoms with E-state index in [0.717, 1.165) is 12.1 Å². The predicted molar refractivity (Wildman–Crippen MR) is 115 cm³/mol. The third kappa shape index (κ3) is 4.26. The van der Waals surface area contributed by atoms with Crippen molar-refractivity contribution in [3.8, 4) is 11.5 Å². The topological polar surface area (TPSA) is 71.1 Å². The van der Waals surface area contributed by atoms with E-state index in [1.165, 1.54) is 5.56 Å². The molecule has 0 aliphatic carbocycles. The second-order valence-electron chi connectivity index (χ2n) is 7.66. The van der Waals surface area contributed by atoms with Gasteiger partial charge in [0.2, 0.25) is 11.8 Å². The number of amides is 2. The largest absolute Gasteiger partial charge is 0.486 e. The summed E-state index contributed by atoms with van der Waals surface area (Å²) in [5, 5.41) is 2.88. The highest BCUT2D eigenvalue weighted by Gasteiger charge is 2.31. The summed E-state index contributed by atoms with van der Waals surface area (Å²) in [4.78, 5) is 29.3. The van der Waals surface area contributed by atoms with Crippen molar-refractivity contribution in [2.24, 2.45) is 0 Å². The molecule has 0 spiro atoms. The standard InChI is InChI=1S/C23H27N3O4/c1-3-25(15-23(28)26-16(2)12-17-6-4-5-7-19(17)26)14-22(27)24-18-8-9-20-21(13-18)30-11-10-29-20/h4-9,13,16H,3,10-12,14-15H2,1-2H3,(H,24,27)/t16-/m1/s1. The number of nitrogens with zero attached hydrogens (tertiary/aromatic N) is 2. The van der Waals surface area contributed by atoms with Crippen molar-refractivity contribution < 1.29 is 19.1 Å². The Morgan fingerprint density at radius 1 is 1.10 bits per heavy atom. The summed E-state index contributed by atoms with van der Waals surface area (Å²) in [6.45, 7) is 5.97. The fourth-order valence-corrected chi connectivity index (χ4v) is 4.02. The molecule has 30 heavy (non-hydrogen) atoms. The first-order valence-electron chi connectivity index (χ1n) is 10.4. The first kappa shape index (κ1) is 20.2. The number of nitrogens with one attached hydrogen (secondary N) is 1. The number of likely N-dealkylation sites (N-methyl/N-ethyl adjacent to an activating group) is 1. The van der Waals surface area contributed by atoms with Gasteiger partial charge in [-0.2, -0.15) is 0 Å². The summed E-state index contributed by atoms with van der Waals surface area (Å²) in [6, 6.07) is 13.5. The molecule has 7 heteroatoms. The number of rotatable bonds is 6. The van der Waals surface area contributed by atoms with E-state index < -0.39 is 0 Å². The summed E-state index contributed by atoms with van der Waals surface area (Å²) in [7, 11) is 0. The van der Waals surface area contributed by atoms with Crippen LogP contribution in [-0.2, 0) is 16.0 Å². The van der Waals surface area contributed by atoms with E-state index in [1.54, 1.807) is 18.2 Å². The van der Waals surface area contributed by atoms with Crippen LogP contribution in [0.1, 0.15) is 19.4 Å². The fraction of sp³-hybridized carbons (Fsp3) is 0.391. The first-order chi connectivity index (χ1) is 14.5. The van der Waals surface area contributed by atoms with Crippen molar-refractivity contribution >= 4 is 23.2 Å². The van der Waals surface area contributed by atoms with Gasteiger partial charge in [0, 0.05) is 23.5 Å². The Hall–Kier alpha value is -3.06. The van der Waals surface area contributed by atoms with Gasteiger partial charge in [0.05, 0.1) is 13.1 Å². The fourth-order valence-electron chi connectivity index (χ4n) is 4.02. The van der Waals surface area contributed by atoms with E-state index in [-0.39, 0.29) is 30.9 Å². The Morgan fingerprint density at radius 2 is 1.87 bits per heavy atom. The lowest BCUT2D eigenvalue weighted by atomic mass is 10.1. The SMILES string of the molecule is CCN(CC(=O)Nc1ccc2c(c1)OCCO2)CC(=O)N1c2ccccc2C[C@H]1C. The van der Waals surface area contributed by atoms with Crippen LogP contribution in [-0.4, -0.2) is 55.6 Å². The summed E-state index contributed by atoms with van der Waals surface area (Å²) < 4.78 is 11.1. The molecule has 158 valence electrons. The molecule has 2 aliphatic heterocycles. The molecule has 0 aromatic heterocycles. The second-order valence-corrected chi connectivity index (χ2v) is 7.66. The van der Waals surface area contributed by atoms with Crippen molar-refractivity contribution in [1.29, 1.82) is 0 Å². The number of carbonyl (C=O) groups excluding carboxylic acids is 2. The van der Waals surface area contributed by atoms with E-state index in [9.17, 15) is 9.59 Å². The van der Waals surface area contributed by atoms with Crippen LogP contribution in [0.15, 0.2) is 42.5 Å². The molecule has 1 atom stereocenters. The molecule has 0 unspecified atom stereocenters. The smallest absolute Gasteiger partial charge is 0.241 e. The molecule has 0 radical (unpaired) electrons. The van der Waals surface area contributed by atoms with Gasteiger partial charge in [-0.25, -0.2) is 0 Å². The minimum atomic E-state index is -0.170. The molecule has 0 bridgehead atoms. The highest BCUT2D eigenvalue weighted by atomic mass is 16.6. The van der Waals surface area contributed by atoms with Gasteiger partial charge in [-0.1, -0.05) is 25.1 Å². The lowest BCUT2D eigenvalue weighted by molar-refractivity contribution is -0.121. The van der Waals surface area contributed by atoms with Crippen molar-refractivity contribution in [1.82, 2.24) is 4.90 Å². The van der Waals surface area contributed by atoms with Gasteiger partial charge in [-0.15, -0.1) is 0 Å². The molecule has 2 aromatic rings. The molecule has 2 aromatic carbocycles. The van der Waals surface area contributed by atoms with Crippen LogP contribution >= 0.6 is 0 Å². The molecule has 0 saturated heterocycles. The molecule has 1 N–H and O–H groups in total. The minimum absolute atomic E-state index is 0.0152. The van der Waals surface area contributed by atoms with Crippen molar-refractivity contribution in [2.75, 3.05) is 43.1 Å². The summed E-state index contributed by atoms with van der Waals surface area (Å²) in [5.74, 6) is 1.15. The molecular formula is C23H27N3O4. The third-order valence-corrected chi connectivity index (χ3v) is 5.48. The Morgan fingerprint density at radius 3 is 2.67 bits per heavy atom. The van der Waals surface area contributed by atoms with Crippen LogP contribution in [0.5, 0.6) is 11.5 Å². The van der Waals surface area contributed by atoms with E-state index >= 15 is 0 Å². The molecule has 2 amide bonds. The summed E-state index contributed by atoms with van der Waals surface area (Å²) in [5.41, 5.74) is 2.82. The lowest BCUT2D eigenvalue weighted by Crippen LogP contribution is -2.45. The van der Waals surface area contributed by atoms with Gasteiger partial charge in [0.25, 0.3) is 0 Å². The van der Waals surface area contributed by atoms with Gasteiger partial charge in [0.15, 0.2) is 11.5 Å². The van der Waals surface area contributed by atoms with E-state index in [2.05, 4.69) is 18.3 Å². The van der Waals surface area contributed by atoms with Gasteiger partial charge in [0.1, 0.15) is 13.2 Å². The third-order valence-electron chi connectivity index (χ3n) is 5.48. The first-order valence-corrected chi connectivity index (χ1v) is 10.4. The maximum Gasteiger partial charge on any atom is 0.241 e. The zero-order valence-corrected chi connectivity index (χ0v) is 17.4. The van der Waals surface area contributed by atoms with Crippen molar-refractivity contribution in [3.05, 3.63) is 48.0 Å². The highest BCUT2D eigenvalue weighted by Crippen LogP contribution is 2.33. The number of anilines is 2. The minimum Gasteiger partial charge on any atom is -0.486 e. The Balaban J connectivity index is 1.36. The normalized spacial score (nSPS) is 17.0. The Bertz CT molecular complexity index is 946. The van der Waals surface area contributed by atoms with Gasteiger partial charge in [-0.05, 0) is 43.7 Å².